The lowest BCUT2D eigenvalue weighted by Crippen LogP contribution is -2.26. The Morgan fingerprint density at radius 2 is 2.22 bits per heavy atom. The van der Waals surface area contributed by atoms with Gasteiger partial charge in [0, 0.05) is 26.3 Å². The van der Waals surface area contributed by atoms with Crippen LogP contribution >= 0.6 is 11.8 Å². The van der Waals surface area contributed by atoms with Gasteiger partial charge in [-0.05, 0) is 6.26 Å². The van der Waals surface area contributed by atoms with Crippen LogP contribution in [0, 0.1) is 0 Å². The van der Waals surface area contributed by atoms with Gasteiger partial charge >= 0.3 is 6.09 Å². The van der Waals surface area contributed by atoms with Gasteiger partial charge in [-0.1, -0.05) is 0 Å². The Morgan fingerprint density at radius 3 is 2.78 bits per heavy atom. The third-order valence-corrected chi connectivity index (χ3v) is 2.68. The summed E-state index contributed by atoms with van der Waals surface area (Å²) in [5.41, 5.74) is 0. The summed E-state index contributed by atoms with van der Waals surface area (Å²) in [6.07, 6.45) is 3.75. The van der Waals surface area contributed by atoms with Gasteiger partial charge in [0.2, 0.25) is 0 Å². The van der Waals surface area contributed by atoms with Crippen molar-refractivity contribution < 1.29 is 14.3 Å². The number of amides is 1. The van der Waals surface area contributed by atoms with Crippen molar-refractivity contribution in [2.45, 2.75) is 6.42 Å². The minimum absolute atomic E-state index is 0.155. The molecule has 0 spiro atoms. The predicted molar refractivity (Wildman–Crippen MR) is 70.4 cm³/mol. The normalized spacial score (nSPS) is 10.0. The molecule has 0 N–H and O–H groups in total. The number of nitrogens with zero attached hydrogens (tertiary/aromatic N) is 3. The Bertz CT molecular complexity index is 413. The van der Waals surface area contributed by atoms with Crippen LogP contribution in [0.2, 0.25) is 0 Å². The Kier molecular flexibility index (Phi) is 5.70. The first-order valence-corrected chi connectivity index (χ1v) is 6.75. The maximum atomic E-state index is 11.5. The highest BCUT2D eigenvalue weighted by molar-refractivity contribution is 7.98. The largest absolute Gasteiger partial charge is 0.490 e. The van der Waals surface area contributed by atoms with E-state index in [0.29, 0.717) is 11.6 Å². The molecule has 0 fully saturated rings. The minimum atomic E-state index is -0.497. The first-order chi connectivity index (χ1) is 8.58. The summed E-state index contributed by atoms with van der Waals surface area (Å²) in [5.74, 6) is 2.04. The molecule has 0 aliphatic carbocycles. The number of hydrogen-bond donors (Lipinski definition) is 0. The molecule has 0 aliphatic heterocycles. The zero-order valence-corrected chi connectivity index (χ0v) is 11.8. The molecule has 0 radical (unpaired) electrons. The van der Waals surface area contributed by atoms with Gasteiger partial charge in [-0.25, -0.2) is 9.78 Å². The molecule has 0 saturated carbocycles. The Hall–Kier alpha value is -1.50. The lowest BCUT2D eigenvalue weighted by molar-refractivity contribution is 0.167. The SMILES string of the molecule is COc1cnc(CCSC)nc1OC(=O)N(C)C. The molecule has 1 amide bonds. The van der Waals surface area contributed by atoms with Crippen LogP contribution in [0.4, 0.5) is 4.79 Å². The summed E-state index contributed by atoms with van der Waals surface area (Å²) >= 11 is 1.70. The summed E-state index contributed by atoms with van der Waals surface area (Å²) in [4.78, 5) is 21.1. The number of carbonyl (C=O) groups excluding carboxylic acids is 1. The average molecular weight is 271 g/mol. The topological polar surface area (TPSA) is 64.6 Å². The third-order valence-electron chi connectivity index (χ3n) is 2.07. The van der Waals surface area contributed by atoms with Crippen LogP contribution in [0.15, 0.2) is 6.20 Å². The van der Waals surface area contributed by atoms with Crippen molar-refractivity contribution in [2.24, 2.45) is 0 Å². The van der Waals surface area contributed by atoms with Gasteiger partial charge < -0.3 is 14.4 Å². The highest BCUT2D eigenvalue weighted by Crippen LogP contribution is 2.23. The van der Waals surface area contributed by atoms with Crippen LogP contribution in [0.25, 0.3) is 0 Å². The Balaban J connectivity index is 2.88. The third kappa shape index (κ3) is 4.06. The number of ether oxygens (including phenoxy) is 2. The van der Waals surface area contributed by atoms with E-state index in [4.69, 9.17) is 9.47 Å². The van der Waals surface area contributed by atoms with Crippen molar-refractivity contribution in [3.05, 3.63) is 12.0 Å². The van der Waals surface area contributed by atoms with Gasteiger partial charge in [0.25, 0.3) is 5.88 Å². The van der Waals surface area contributed by atoms with E-state index >= 15 is 0 Å². The van der Waals surface area contributed by atoms with Crippen molar-refractivity contribution >= 4 is 17.9 Å². The fourth-order valence-corrected chi connectivity index (χ4v) is 1.48. The molecule has 0 bridgehead atoms. The van der Waals surface area contributed by atoms with Crippen molar-refractivity contribution in [2.75, 3.05) is 33.2 Å². The second-order valence-electron chi connectivity index (χ2n) is 3.66. The predicted octanol–water partition coefficient (Wildman–Crippen LogP) is 1.45. The zero-order chi connectivity index (χ0) is 13.5. The number of aryl methyl sites for hydroxylation is 1. The van der Waals surface area contributed by atoms with Crippen molar-refractivity contribution in [1.82, 2.24) is 14.9 Å². The summed E-state index contributed by atoms with van der Waals surface area (Å²) in [5, 5.41) is 0. The van der Waals surface area contributed by atoms with E-state index in [2.05, 4.69) is 9.97 Å². The minimum Gasteiger partial charge on any atom is -0.490 e. The molecular formula is C11H17N3O3S. The molecule has 0 unspecified atom stereocenters. The van der Waals surface area contributed by atoms with Crippen LogP contribution in [-0.4, -0.2) is 54.2 Å². The van der Waals surface area contributed by atoms with E-state index < -0.39 is 6.09 Å². The number of methoxy groups -OCH3 is 1. The Labute approximate surface area is 111 Å². The molecule has 1 heterocycles. The molecule has 0 atom stereocenters. The van der Waals surface area contributed by atoms with E-state index in [9.17, 15) is 4.79 Å². The van der Waals surface area contributed by atoms with Gasteiger partial charge in [0.1, 0.15) is 5.82 Å². The van der Waals surface area contributed by atoms with E-state index in [1.165, 1.54) is 18.2 Å². The van der Waals surface area contributed by atoms with E-state index in [1.54, 1.807) is 25.9 Å². The van der Waals surface area contributed by atoms with Crippen molar-refractivity contribution in [3.8, 4) is 11.6 Å². The number of aromatic nitrogens is 2. The maximum absolute atomic E-state index is 11.5. The first kappa shape index (κ1) is 14.6. The van der Waals surface area contributed by atoms with Crippen molar-refractivity contribution in [3.63, 3.8) is 0 Å². The second-order valence-corrected chi connectivity index (χ2v) is 4.65. The summed E-state index contributed by atoms with van der Waals surface area (Å²) in [6, 6.07) is 0. The lowest BCUT2D eigenvalue weighted by atomic mass is 10.4. The van der Waals surface area contributed by atoms with Crippen LogP contribution in [-0.2, 0) is 6.42 Å². The summed E-state index contributed by atoms with van der Waals surface area (Å²) in [6.45, 7) is 0. The molecule has 18 heavy (non-hydrogen) atoms. The lowest BCUT2D eigenvalue weighted by Gasteiger charge is -2.12. The van der Waals surface area contributed by atoms with Gasteiger partial charge in [-0.15, -0.1) is 0 Å². The van der Waals surface area contributed by atoms with Crippen LogP contribution < -0.4 is 9.47 Å². The maximum Gasteiger partial charge on any atom is 0.416 e. The molecule has 100 valence electrons. The fraction of sp³-hybridized carbons (Fsp3) is 0.545. The van der Waals surface area contributed by atoms with E-state index in [-0.39, 0.29) is 5.88 Å². The first-order valence-electron chi connectivity index (χ1n) is 5.36. The van der Waals surface area contributed by atoms with Crippen LogP contribution in [0.1, 0.15) is 5.82 Å². The number of hydrogen-bond acceptors (Lipinski definition) is 6. The highest BCUT2D eigenvalue weighted by Gasteiger charge is 2.14. The smallest absolute Gasteiger partial charge is 0.416 e. The van der Waals surface area contributed by atoms with Crippen molar-refractivity contribution in [1.29, 1.82) is 0 Å². The summed E-state index contributed by atoms with van der Waals surface area (Å²) < 4.78 is 10.2. The summed E-state index contributed by atoms with van der Waals surface area (Å²) in [7, 11) is 4.68. The molecule has 1 aromatic heterocycles. The van der Waals surface area contributed by atoms with Gasteiger partial charge in [-0.3, -0.25) is 0 Å². The average Bonchev–Trinajstić information content (AvgIpc) is 2.36. The molecule has 6 nitrogen and oxygen atoms in total. The second kappa shape index (κ2) is 7.05. The van der Waals surface area contributed by atoms with E-state index in [0.717, 1.165) is 12.2 Å². The van der Waals surface area contributed by atoms with Crippen LogP contribution in [0.3, 0.4) is 0 Å². The highest BCUT2D eigenvalue weighted by atomic mass is 32.2. The number of rotatable bonds is 5. The molecule has 0 aromatic carbocycles. The zero-order valence-electron chi connectivity index (χ0n) is 11.0. The fourth-order valence-electron chi connectivity index (χ4n) is 1.09. The number of carbonyl (C=O) groups is 1. The molecule has 0 aliphatic rings. The van der Waals surface area contributed by atoms with Gasteiger partial charge in [0.15, 0.2) is 5.75 Å². The molecule has 1 rings (SSSR count). The van der Waals surface area contributed by atoms with Crippen LogP contribution in [0.5, 0.6) is 11.6 Å². The number of thioether (sulfide) groups is 1. The quantitative estimate of drug-likeness (QED) is 0.807. The standard InChI is InChI=1S/C11H17N3O3S/c1-14(2)11(15)17-10-8(16-3)7-12-9(13-10)5-6-18-4/h7H,5-6H2,1-4H3. The molecular weight excluding hydrogens is 254 g/mol. The van der Waals surface area contributed by atoms with Gasteiger partial charge in [0.05, 0.1) is 13.3 Å². The van der Waals surface area contributed by atoms with Gasteiger partial charge in [-0.2, -0.15) is 16.7 Å². The monoisotopic (exact) mass is 271 g/mol. The Morgan fingerprint density at radius 1 is 1.50 bits per heavy atom. The molecule has 1 aromatic rings. The van der Waals surface area contributed by atoms with E-state index in [1.807, 2.05) is 6.26 Å². The molecule has 7 heteroatoms. The molecule has 0 saturated heterocycles.